The maximum Gasteiger partial charge on any atom is 0.330 e. The molecule has 4 rings (SSSR count). The molecule has 0 spiro atoms. The van der Waals surface area contributed by atoms with E-state index in [-0.39, 0.29) is 53.6 Å². The number of carbonyl (C=O) groups excluding carboxylic acids is 1. The Hall–Kier alpha value is -5.91. The maximum absolute atomic E-state index is 11.4. The van der Waals surface area contributed by atoms with Crippen LogP contribution in [0.5, 0.6) is 5.75 Å². The molecule has 0 unspecified atom stereocenters. The average Bonchev–Trinajstić information content (AvgIpc) is 3.39. The van der Waals surface area contributed by atoms with Crippen LogP contribution in [0.15, 0.2) is 59.8 Å². The number of phenols is 1. The molecule has 0 atom stereocenters. The van der Waals surface area contributed by atoms with E-state index in [0.717, 1.165) is 17.2 Å². The fourth-order valence-corrected chi connectivity index (χ4v) is 3.63. The van der Waals surface area contributed by atoms with Gasteiger partial charge in [-0.25, -0.2) is 19.4 Å². The summed E-state index contributed by atoms with van der Waals surface area (Å²) >= 11 is 0. The quantitative estimate of drug-likeness (QED) is 0.0684. The number of nitriles is 1. The van der Waals surface area contributed by atoms with E-state index in [1.54, 1.807) is 25.4 Å². The highest BCUT2D eigenvalue weighted by atomic mass is 16.5. The Labute approximate surface area is 234 Å². The summed E-state index contributed by atoms with van der Waals surface area (Å²) in [6.45, 7) is 7.27. The number of ether oxygens (including phenoxy) is 1. The second kappa shape index (κ2) is 12.8. The molecule has 0 fully saturated rings. The topological polar surface area (TPSA) is 201 Å². The van der Waals surface area contributed by atoms with Crippen molar-refractivity contribution in [1.29, 1.82) is 5.26 Å². The number of carbonyl (C=O) groups is 1. The molecule has 15 heteroatoms. The molecule has 0 radical (unpaired) electrons. The lowest BCUT2D eigenvalue weighted by atomic mass is 10.1. The molecular weight excluding hydrogens is 528 g/mol. The molecule has 15 nitrogen and oxygen atoms in total. The highest BCUT2D eigenvalue weighted by Gasteiger charge is 2.18. The fourth-order valence-electron chi connectivity index (χ4n) is 3.63. The van der Waals surface area contributed by atoms with Crippen molar-refractivity contribution in [3.63, 3.8) is 0 Å². The predicted octanol–water partition coefficient (Wildman–Crippen LogP) is 3.99. The van der Waals surface area contributed by atoms with Crippen LogP contribution < -0.4 is 16.0 Å². The van der Waals surface area contributed by atoms with E-state index in [2.05, 4.69) is 57.8 Å². The second-order valence-corrected chi connectivity index (χ2v) is 8.43. The Morgan fingerprint density at radius 2 is 2.07 bits per heavy atom. The normalized spacial score (nSPS) is 10.7. The number of anilines is 4. The van der Waals surface area contributed by atoms with Crippen molar-refractivity contribution < 1.29 is 14.6 Å². The van der Waals surface area contributed by atoms with Gasteiger partial charge in [-0.2, -0.15) is 15.2 Å². The van der Waals surface area contributed by atoms with Crippen LogP contribution in [0.25, 0.3) is 5.82 Å². The first-order valence-corrected chi connectivity index (χ1v) is 12.2. The number of esters is 1. The standard InChI is InChI=1S/C26H26N12O3/c1-5-20(40)41-9-8-30-24-22(35-36-23-17(12-27)13-38(37-23)19-6-7-29-14-31-19)25(34-26(28-4)33-24)32-21-16(3)10-15(2)11-18(21)39/h5-7,10-11,13-14,39H,1,8-9H2,2-4H3,(H3,28,30,32,33,34). The van der Waals surface area contributed by atoms with Crippen LogP contribution in [0, 0.1) is 25.2 Å². The van der Waals surface area contributed by atoms with Gasteiger partial charge >= 0.3 is 5.97 Å². The Balaban J connectivity index is 1.77. The number of hydrogen-bond donors (Lipinski definition) is 4. The summed E-state index contributed by atoms with van der Waals surface area (Å²) in [5, 5.41) is 42.3. The van der Waals surface area contributed by atoms with Gasteiger partial charge in [0.1, 0.15) is 30.3 Å². The molecule has 0 amide bonds. The van der Waals surface area contributed by atoms with Crippen LogP contribution in [0.2, 0.25) is 0 Å². The average molecular weight is 555 g/mol. The van der Waals surface area contributed by atoms with Gasteiger partial charge in [-0.3, -0.25) is 0 Å². The van der Waals surface area contributed by atoms with Gasteiger partial charge in [0.2, 0.25) is 11.8 Å². The van der Waals surface area contributed by atoms with Gasteiger partial charge in [0.05, 0.1) is 18.4 Å². The first-order valence-electron chi connectivity index (χ1n) is 12.2. The molecular formula is C26H26N12O3. The van der Waals surface area contributed by atoms with Crippen LogP contribution in [0.3, 0.4) is 0 Å². The highest BCUT2D eigenvalue weighted by Crippen LogP contribution is 2.38. The number of benzene rings is 1. The summed E-state index contributed by atoms with van der Waals surface area (Å²) < 4.78 is 6.43. The van der Waals surface area contributed by atoms with Crippen LogP contribution in [-0.2, 0) is 9.53 Å². The largest absolute Gasteiger partial charge is 0.506 e. The lowest BCUT2D eigenvalue weighted by Crippen LogP contribution is -2.14. The first-order chi connectivity index (χ1) is 19.8. The molecule has 208 valence electrons. The number of aromatic hydroxyl groups is 1. The molecule has 0 saturated carbocycles. The lowest BCUT2D eigenvalue weighted by molar-refractivity contribution is -0.137. The van der Waals surface area contributed by atoms with E-state index in [9.17, 15) is 15.2 Å². The van der Waals surface area contributed by atoms with Crippen LogP contribution in [0.4, 0.5) is 34.8 Å². The summed E-state index contributed by atoms with van der Waals surface area (Å²) in [7, 11) is 1.64. The molecule has 0 aliphatic heterocycles. The van der Waals surface area contributed by atoms with Crippen LogP contribution >= 0.6 is 0 Å². The van der Waals surface area contributed by atoms with Gasteiger partial charge < -0.3 is 25.8 Å². The van der Waals surface area contributed by atoms with Gasteiger partial charge in [0.15, 0.2) is 23.1 Å². The molecule has 4 aromatic rings. The molecule has 4 N–H and O–H groups in total. The van der Waals surface area contributed by atoms with Crippen molar-refractivity contribution in [2.75, 3.05) is 36.1 Å². The van der Waals surface area contributed by atoms with Crippen molar-refractivity contribution in [2.45, 2.75) is 13.8 Å². The number of nitrogens with zero attached hydrogens (tertiary/aromatic N) is 9. The third-order valence-corrected chi connectivity index (χ3v) is 5.48. The molecule has 3 heterocycles. The van der Waals surface area contributed by atoms with Crippen molar-refractivity contribution in [1.82, 2.24) is 29.7 Å². The lowest BCUT2D eigenvalue weighted by Gasteiger charge is -2.16. The smallest absolute Gasteiger partial charge is 0.330 e. The van der Waals surface area contributed by atoms with Gasteiger partial charge in [-0.15, -0.1) is 15.3 Å². The molecule has 0 bridgehead atoms. The number of nitrogens with one attached hydrogen (secondary N) is 3. The third-order valence-electron chi connectivity index (χ3n) is 5.48. The minimum Gasteiger partial charge on any atom is -0.506 e. The summed E-state index contributed by atoms with van der Waals surface area (Å²) in [5.74, 6) is 0.543. The molecule has 0 saturated heterocycles. The van der Waals surface area contributed by atoms with Crippen molar-refractivity contribution in [3.8, 4) is 17.6 Å². The van der Waals surface area contributed by atoms with Crippen LogP contribution in [-0.4, -0.2) is 61.0 Å². The van der Waals surface area contributed by atoms with Gasteiger partial charge in [0, 0.05) is 25.4 Å². The van der Waals surface area contributed by atoms with E-state index in [1.165, 1.54) is 17.2 Å². The zero-order chi connectivity index (χ0) is 29.4. The van der Waals surface area contributed by atoms with E-state index in [4.69, 9.17) is 4.74 Å². The SMILES string of the molecule is C=CC(=O)OCCNc1nc(NC)nc(Nc2c(C)cc(C)cc2O)c1N=Nc1nn(-c2ccncn2)cc1C#N. The van der Waals surface area contributed by atoms with E-state index >= 15 is 0 Å². The minimum atomic E-state index is -0.568. The van der Waals surface area contributed by atoms with Gasteiger partial charge in [-0.05, 0) is 31.0 Å². The Morgan fingerprint density at radius 3 is 2.76 bits per heavy atom. The van der Waals surface area contributed by atoms with Crippen molar-refractivity contribution in [2.24, 2.45) is 10.2 Å². The molecule has 1 aromatic carbocycles. The van der Waals surface area contributed by atoms with E-state index < -0.39 is 5.97 Å². The van der Waals surface area contributed by atoms with Crippen molar-refractivity contribution >= 4 is 40.7 Å². The molecule has 41 heavy (non-hydrogen) atoms. The van der Waals surface area contributed by atoms with Crippen molar-refractivity contribution in [3.05, 3.63) is 66.3 Å². The number of rotatable bonds is 11. The molecule has 0 aliphatic rings. The maximum atomic E-state index is 11.4. The summed E-state index contributed by atoms with van der Waals surface area (Å²) in [4.78, 5) is 28.4. The third kappa shape index (κ3) is 6.75. The molecule has 0 aliphatic carbocycles. The zero-order valence-corrected chi connectivity index (χ0v) is 22.5. The van der Waals surface area contributed by atoms with Gasteiger partial charge in [-0.1, -0.05) is 12.6 Å². The summed E-state index contributed by atoms with van der Waals surface area (Å²) in [6.07, 6.45) is 5.44. The molecule has 3 aromatic heterocycles. The monoisotopic (exact) mass is 554 g/mol. The number of aromatic nitrogens is 6. The number of azo groups is 1. The first kappa shape index (κ1) is 28.1. The highest BCUT2D eigenvalue weighted by molar-refractivity contribution is 5.82. The summed E-state index contributed by atoms with van der Waals surface area (Å²) in [6, 6.07) is 7.18. The van der Waals surface area contributed by atoms with E-state index in [1.807, 2.05) is 26.0 Å². The number of hydrogen-bond acceptors (Lipinski definition) is 14. The van der Waals surface area contributed by atoms with E-state index in [0.29, 0.717) is 11.5 Å². The predicted molar refractivity (Wildman–Crippen MR) is 150 cm³/mol. The van der Waals surface area contributed by atoms with Crippen LogP contribution in [0.1, 0.15) is 16.7 Å². The Morgan fingerprint density at radius 1 is 1.27 bits per heavy atom. The Bertz CT molecular complexity index is 1620. The summed E-state index contributed by atoms with van der Waals surface area (Å²) in [5.41, 5.74) is 2.33. The number of aryl methyl sites for hydroxylation is 2. The van der Waals surface area contributed by atoms with Gasteiger partial charge in [0.25, 0.3) is 0 Å². The Kier molecular flexibility index (Phi) is 8.75. The number of phenolic OH excluding ortho intramolecular Hbond substituents is 1. The zero-order valence-electron chi connectivity index (χ0n) is 22.5. The fraction of sp³-hybridized carbons (Fsp3) is 0.192. The second-order valence-electron chi connectivity index (χ2n) is 8.43. The minimum absolute atomic E-state index is 0.0104.